The first-order valence-electron chi connectivity index (χ1n) is 9.18. The molecule has 3 atom stereocenters. The maximum atomic E-state index is 13.4. The van der Waals surface area contributed by atoms with Crippen LogP contribution in [0.1, 0.15) is 12.5 Å². The standard InChI is InChI=1S/C22H20N2O5/c1-22(21(27)29-3)17-16(18(23-22)13-9-11-15(28-2)12-10-13)19(25)24(20(17)26)14-7-5-4-6-8-14/h4-12,16-17H,1-3H3/t16-,17-,22+/m0/s1. The van der Waals surface area contributed by atoms with Crippen molar-refractivity contribution in [2.45, 2.75) is 12.5 Å². The van der Waals surface area contributed by atoms with Crippen molar-refractivity contribution in [1.29, 1.82) is 0 Å². The van der Waals surface area contributed by atoms with Gasteiger partial charge in [0.25, 0.3) is 0 Å². The Balaban J connectivity index is 1.84. The predicted molar refractivity (Wildman–Crippen MR) is 106 cm³/mol. The number of rotatable bonds is 4. The molecule has 148 valence electrons. The molecule has 2 aromatic carbocycles. The molecule has 7 nitrogen and oxygen atoms in total. The number of nitrogens with zero attached hydrogens (tertiary/aromatic N) is 2. The molecule has 4 rings (SSSR count). The van der Waals surface area contributed by atoms with E-state index < -0.39 is 35.2 Å². The molecule has 0 aliphatic carbocycles. The number of benzene rings is 2. The van der Waals surface area contributed by atoms with Crippen LogP contribution in [-0.2, 0) is 19.1 Å². The molecule has 2 aromatic rings. The Bertz CT molecular complexity index is 1020. The number of carbonyl (C=O) groups excluding carboxylic acids is 3. The fourth-order valence-electron chi connectivity index (χ4n) is 4.12. The molecule has 29 heavy (non-hydrogen) atoms. The summed E-state index contributed by atoms with van der Waals surface area (Å²) in [4.78, 5) is 45.0. The van der Waals surface area contributed by atoms with E-state index in [1.54, 1.807) is 68.6 Å². The van der Waals surface area contributed by atoms with Crippen LogP contribution in [0.15, 0.2) is 59.6 Å². The zero-order valence-electron chi connectivity index (χ0n) is 16.3. The van der Waals surface area contributed by atoms with Gasteiger partial charge in [-0.25, -0.2) is 9.69 Å². The highest BCUT2D eigenvalue weighted by atomic mass is 16.5. The summed E-state index contributed by atoms with van der Waals surface area (Å²) in [6.45, 7) is 1.55. The average Bonchev–Trinajstić information content (AvgIpc) is 3.22. The van der Waals surface area contributed by atoms with Crippen LogP contribution in [0.5, 0.6) is 5.75 Å². The molecule has 2 amide bonds. The van der Waals surface area contributed by atoms with Crippen LogP contribution in [0.3, 0.4) is 0 Å². The highest BCUT2D eigenvalue weighted by molar-refractivity contribution is 6.33. The first-order valence-corrected chi connectivity index (χ1v) is 9.18. The number of fused-ring (bicyclic) bond motifs is 1. The highest BCUT2D eigenvalue weighted by Crippen LogP contribution is 2.46. The molecule has 2 aliphatic heterocycles. The zero-order valence-corrected chi connectivity index (χ0v) is 16.3. The van der Waals surface area contributed by atoms with E-state index in [-0.39, 0.29) is 0 Å². The Hall–Kier alpha value is -3.48. The van der Waals surface area contributed by atoms with E-state index in [1.165, 1.54) is 7.11 Å². The van der Waals surface area contributed by atoms with Gasteiger partial charge < -0.3 is 9.47 Å². The van der Waals surface area contributed by atoms with Gasteiger partial charge in [-0.2, -0.15) is 0 Å². The minimum Gasteiger partial charge on any atom is -0.497 e. The van der Waals surface area contributed by atoms with E-state index in [0.29, 0.717) is 22.7 Å². The van der Waals surface area contributed by atoms with Crippen molar-refractivity contribution in [2.75, 3.05) is 19.1 Å². The third kappa shape index (κ3) is 2.73. The monoisotopic (exact) mass is 392 g/mol. The number of hydrogen-bond donors (Lipinski definition) is 0. The minimum absolute atomic E-state index is 0.395. The van der Waals surface area contributed by atoms with E-state index in [0.717, 1.165) is 4.90 Å². The number of amides is 2. The summed E-state index contributed by atoms with van der Waals surface area (Å²) < 4.78 is 10.1. The van der Waals surface area contributed by atoms with Gasteiger partial charge in [0, 0.05) is 0 Å². The Morgan fingerprint density at radius 3 is 2.24 bits per heavy atom. The molecule has 2 heterocycles. The second-order valence-corrected chi connectivity index (χ2v) is 7.17. The number of aliphatic imine (C=N–C) groups is 1. The zero-order chi connectivity index (χ0) is 20.8. The van der Waals surface area contributed by atoms with Crippen LogP contribution in [0.25, 0.3) is 0 Å². The lowest BCUT2D eigenvalue weighted by molar-refractivity contribution is -0.150. The third-order valence-electron chi connectivity index (χ3n) is 5.56. The molecule has 0 aromatic heterocycles. The molecule has 2 aliphatic rings. The van der Waals surface area contributed by atoms with Crippen molar-refractivity contribution >= 4 is 29.2 Å². The molecule has 1 fully saturated rings. The van der Waals surface area contributed by atoms with Crippen molar-refractivity contribution in [1.82, 2.24) is 0 Å². The molecule has 0 radical (unpaired) electrons. The lowest BCUT2D eigenvalue weighted by Gasteiger charge is -2.24. The third-order valence-corrected chi connectivity index (χ3v) is 5.56. The van der Waals surface area contributed by atoms with E-state index in [4.69, 9.17) is 9.47 Å². The van der Waals surface area contributed by atoms with Crippen LogP contribution in [0, 0.1) is 11.8 Å². The minimum atomic E-state index is -1.48. The molecule has 0 saturated carbocycles. The van der Waals surface area contributed by atoms with E-state index >= 15 is 0 Å². The molecule has 0 spiro atoms. The summed E-state index contributed by atoms with van der Waals surface area (Å²) in [6.07, 6.45) is 0. The number of ether oxygens (including phenoxy) is 2. The van der Waals surface area contributed by atoms with E-state index in [1.807, 2.05) is 0 Å². The maximum absolute atomic E-state index is 13.4. The lowest BCUT2D eigenvalue weighted by atomic mass is 9.79. The summed E-state index contributed by atoms with van der Waals surface area (Å²) >= 11 is 0. The van der Waals surface area contributed by atoms with Crippen molar-refractivity contribution in [3.05, 3.63) is 60.2 Å². The quantitative estimate of drug-likeness (QED) is 0.588. The van der Waals surface area contributed by atoms with Gasteiger partial charge in [0.1, 0.15) is 5.75 Å². The fourth-order valence-corrected chi connectivity index (χ4v) is 4.12. The molecule has 0 bridgehead atoms. The number of methoxy groups -OCH3 is 2. The molecular weight excluding hydrogens is 372 g/mol. The summed E-state index contributed by atoms with van der Waals surface area (Å²) in [5.74, 6) is -2.66. The van der Waals surface area contributed by atoms with Gasteiger partial charge in [0.15, 0.2) is 5.54 Å². The van der Waals surface area contributed by atoms with Gasteiger partial charge in [0.2, 0.25) is 11.8 Å². The molecule has 7 heteroatoms. The average molecular weight is 392 g/mol. The van der Waals surface area contributed by atoms with Crippen molar-refractivity contribution in [3.8, 4) is 5.75 Å². The largest absolute Gasteiger partial charge is 0.497 e. The van der Waals surface area contributed by atoms with Gasteiger partial charge >= 0.3 is 5.97 Å². The van der Waals surface area contributed by atoms with Crippen LogP contribution >= 0.6 is 0 Å². The summed E-state index contributed by atoms with van der Waals surface area (Å²) in [5, 5.41) is 0. The van der Waals surface area contributed by atoms with Crippen molar-refractivity contribution < 1.29 is 23.9 Å². The lowest BCUT2D eigenvalue weighted by Crippen LogP contribution is -2.45. The van der Waals surface area contributed by atoms with Crippen LogP contribution < -0.4 is 9.64 Å². The van der Waals surface area contributed by atoms with Crippen LogP contribution in [0.4, 0.5) is 5.69 Å². The second kappa shape index (κ2) is 6.84. The van der Waals surface area contributed by atoms with Gasteiger partial charge in [-0.3, -0.25) is 14.6 Å². The Morgan fingerprint density at radius 2 is 1.66 bits per heavy atom. The number of hydrogen-bond acceptors (Lipinski definition) is 6. The van der Waals surface area contributed by atoms with Crippen LogP contribution in [0.2, 0.25) is 0 Å². The first kappa shape index (κ1) is 18.9. The maximum Gasteiger partial charge on any atom is 0.334 e. The Labute approximate surface area is 167 Å². The summed E-state index contributed by atoms with van der Waals surface area (Å²) in [5.41, 5.74) is 0.0512. The van der Waals surface area contributed by atoms with Crippen LogP contribution in [-0.4, -0.2) is 43.3 Å². The van der Waals surface area contributed by atoms with Gasteiger partial charge in [-0.1, -0.05) is 18.2 Å². The van der Waals surface area contributed by atoms with E-state index in [9.17, 15) is 14.4 Å². The van der Waals surface area contributed by atoms with Gasteiger partial charge in [-0.05, 0) is 48.9 Å². The molecule has 0 unspecified atom stereocenters. The Kier molecular flexibility index (Phi) is 4.45. The van der Waals surface area contributed by atoms with E-state index in [2.05, 4.69) is 4.99 Å². The van der Waals surface area contributed by atoms with Crippen molar-refractivity contribution in [3.63, 3.8) is 0 Å². The number of para-hydroxylation sites is 1. The fraction of sp³-hybridized carbons (Fsp3) is 0.273. The number of carbonyl (C=O) groups is 3. The SMILES string of the molecule is COC(=O)[C@]1(C)N=C(c2ccc(OC)cc2)[C@H]2C(=O)N(c3ccccc3)C(=O)[C@H]21. The van der Waals surface area contributed by atoms with Crippen molar-refractivity contribution in [2.24, 2.45) is 16.8 Å². The first-order chi connectivity index (χ1) is 13.9. The summed E-state index contributed by atoms with van der Waals surface area (Å²) in [6, 6.07) is 15.7. The second-order valence-electron chi connectivity index (χ2n) is 7.17. The number of anilines is 1. The number of esters is 1. The van der Waals surface area contributed by atoms with Gasteiger partial charge in [0.05, 0.1) is 37.5 Å². The Morgan fingerprint density at radius 1 is 1.00 bits per heavy atom. The predicted octanol–water partition coefficient (Wildman–Crippen LogP) is 2.24. The molecule has 1 saturated heterocycles. The smallest absolute Gasteiger partial charge is 0.334 e. The molecule has 0 N–H and O–H groups in total. The summed E-state index contributed by atoms with van der Waals surface area (Å²) in [7, 11) is 2.81. The number of imide groups is 1. The topological polar surface area (TPSA) is 85.3 Å². The highest BCUT2D eigenvalue weighted by Gasteiger charge is 2.65. The molecular formula is C22H20N2O5. The normalized spacial score (nSPS) is 25.6. The van der Waals surface area contributed by atoms with Gasteiger partial charge in [-0.15, -0.1) is 0 Å².